The van der Waals surface area contributed by atoms with E-state index >= 15 is 0 Å². The van der Waals surface area contributed by atoms with Crippen molar-refractivity contribution in [1.82, 2.24) is 4.90 Å². The van der Waals surface area contributed by atoms with Gasteiger partial charge in [0.2, 0.25) is 5.91 Å². The normalized spacial score (nSPS) is 25.3. The molecule has 1 unspecified atom stereocenters. The molecule has 1 aliphatic heterocycles. The van der Waals surface area contributed by atoms with Crippen molar-refractivity contribution in [1.29, 1.82) is 0 Å². The molecule has 1 aliphatic carbocycles. The quantitative estimate of drug-likeness (QED) is 0.908. The second kappa shape index (κ2) is 5.82. The van der Waals surface area contributed by atoms with Crippen molar-refractivity contribution in [2.45, 2.75) is 44.6 Å². The van der Waals surface area contributed by atoms with Gasteiger partial charge in [-0.15, -0.1) is 12.4 Å². The number of amides is 1. The summed E-state index contributed by atoms with van der Waals surface area (Å²) in [5.74, 6) is -0.191. The van der Waals surface area contributed by atoms with Crippen molar-refractivity contribution in [2.24, 2.45) is 11.1 Å². The number of nitrogens with two attached hydrogens (primary N) is 1. The number of halogens is 2. The lowest BCUT2D eigenvalue weighted by Gasteiger charge is -2.43. The zero-order valence-corrected chi connectivity index (χ0v) is 14.0. The summed E-state index contributed by atoms with van der Waals surface area (Å²) < 4.78 is 14.1. The van der Waals surface area contributed by atoms with Gasteiger partial charge in [0.15, 0.2) is 0 Å². The topological polar surface area (TPSA) is 46.3 Å². The molecule has 1 amide bonds. The number of carbonyl (C=O) groups is 1. The van der Waals surface area contributed by atoms with Crippen LogP contribution in [0.2, 0.25) is 0 Å². The Kier molecular flexibility index (Phi) is 4.56. The van der Waals surface area contributed by atoms with Gasteiger partial charge in [-0.1, -0.05) is 32.0 Å². The van der Waals surface area contributed by atoms with Gasteiger partial charge in [-0.3, -0.25) is 4.79 Å². The molecule has 1 heterocycles. The second-order valence-corrected chi connectivity index (χ2v) is 7.17. The third-order valence-corrected chi connectivity index (χ3v) is 5.15. The fourth-order valence-electron chi connectivity index (χ4n) is 3.42. The van der Waals surface area contributed by atoms with Gasteiger partial charge in [0, 0.05) is 24.7 Å². The Bertz CT molecular complexity index is 572. The van der Waals surface area contributed by atoms with E-state index in [1.54, 1.807) is 12.1 Å². The molecule has 22 heavy (non-hydrogen) atoms. The highest BCUT2D eigenvalue weighted by Gasteiger charge is 2.55. The highest BCUT2D eigenvalue weighted by atomic mass is 35.5. The molecular weight excluding hydrogens is 303 g/mol. The van der Waals surface area contributed by atoms with Crippen LogP contribution < -0.4 is 5.73 Å². The highest BCUT2D eigenvalue weighted by molar-refractivity contribution is 5.91. The smallest absolute Gasteiger partial charge is 0.233 e. The third kappa shape index (κ3) is 2.74. The maximum atomic E-state index is 14.1. The van der Waals surface area contributed by atoms with Crippen molar-refractivity contribution in [2.75, 3.05) is 13.1 Å². The zero-order valence-electron chi connectivity index (χ0n) is 13.1. The number of nitrogens with zero attached hydrogens (tertiary/aromatic N) is 1. The van der Waals surface area contributed by atoms with Crippen LogP contribution in [0.5, 0.6) is 0 Å². The summed E-state index contributed by atoms with van der Waals surface area (Å²) in [5.41, 5.74) is 5.99. The lowest BCUT2D eigenvalue weighted by Crippen LogP contribution is -2.55. The number of piperidine rings is 1. The van der Waals surface area contributed by atoms with E-state index in [1.165, 1.54) is 6.07 Å². The maximum absolute atomic E-state index is 14.1. The summed E-state index contributed by atoms with van der Waals surface area (Å²) in [6, 6.07) is 6.79. The standard InChI is InChI=1S/C17H23FN2O.ClH/c1-16(2)11-20(10-7-14(16)19)15(21)17(8-9-17)12-5-3-4-6-13(12)18;/h3-6,14H,7-11,19H2,1-2H3;1H. The molecule has 2 N–H and O–H groups in total. The Morgan fingerprint density at radius 2 is 1.95 bits per heavy atom. The van der Waals surface area contributed by atoms with Gasteiger partial charge < -0.3 is 10.6 Å². The molecule has 3 nitrogen and oxygen atoms in total. The molecule has 0 bridgehead atoms. The van der Waals surface area contributed by atoms with E-state index in [-0.39, 0.29) is 35.6 Å². The predicted octanol–water partition coefficient (Wildman–Crippen LogP) is 2.86. The van der Waals surface area contributed by atoms with E-state index in [4.69, 9.17) is 5.73 Å². The van der Waals surface area contributed by atoms with Crippen molar-refractivity contribution in [3.8, 4) is 0 Å². The second-order valence-electron chi connectivity index (χ2n) is 7.17. The highest BCUT2D eigenvalue weighted by Crippen LogP contribution is 2.51. The number of hydrogen-bond donors (Lipinski definition) is 1. The fraction of sp³-hybridized carbons (Fsp3) is 0.588. The number of rotatable bonds is 2. The SMILES string of the molecule is CC1(C)CN(C(=O)C2(c3ccccc3F)CC2)CCC1N.Cl. The average Bonchev–Trinajstić information content (AvgIpc) is 3.23. The van der Waals surface area contributed by atoms with E-state index in [0.29, 0.717) is 18.7 Å². The van der Waals surface area contributed by atoms with E-state index in [9.17, 15) is 9.18 Å². The molecule has 2 fully saturated rings. The van der Waals surface area contributed by atoms with Crippen molar-refractivity contribution in [3.63, 3.8) is 0 Å². The molecule has 1 atom stereocenters. The van der Waals surface area contributed by atoms with Crippen LogP contribution in [0.25, 0.3) is 0 Å². The minimum Gasteiger partial charge on any atom is -0.341 e. The first kappa shape index (κ1) is 17.2. The number of benzene rings is 1. The van der Waals surface area contributed by atoms with Gasteiger partial charge in [0.1, 0.15) is 5.82 Å². The predicted molar refractivity (Wildman–Crippen MR) is 87.5 cm³/mol. The lowest BCUT2D eigenvalue weighted by atomic mass is 9.79. The minimum absolute atomic E-state index is 0. The molecule has 0 aromatic heterocycles. The number of likely N-dealkylation sites (tertiary alicyclic amines) is 1. The first-order valence-electron chi connectivity index (χ1n) is 7.67. The molecule has 3 rings (SSSR count). The van der Waals surface area contributed by atoms with Crippen LogP contribution in [0.15, 0.2) is 24.3 Å². The summed E-state index contributed by atoms with van der Waals surface area (Å²) >= 11 is 0. The van der Waals surface area contributed by atoms with Crippen LogP contribution in [-0.2, 0) is 10.2 Å². The first-order valence-corrected chi connectivity index (χ1v) is 7.67. The molecule has 122 valence electrons. The summed E-state index contributed by atoms with van der Waals surface area (Å²) in [6.07, 6.45) is 2.30. The molecule has 1 aromatic carbocycles. The molecule has 1 saturated heterocycles. The summed E-state index contributed by atoms with van der Waals surface area (Å²) in [5, 5.41) is 0. The van der Waals surface area contributed by atoms with Gasteiger partial charge in [0.05, 0.1) is 5.41 Å². The first-order chi connectivity index (χ1) is 9.87. The lowest BCUT2D eigenvalue weighted by molar-refractivity contribution is -0.137. The van der Waals surface area contributed by atoms with Crippen molar-refractivity contribution >= 4 is 18.3 Å². The molecule has 1 saturated carbocycles. The molecule has 5 heteroatoms. The monoisotopic (exact) mass is 326 g/mol. The van der Waals surface area contributed by atoms with Gasteiger partial charge >= 0.3 is 0 Å². The van der Waals surface area contributed by atoms with Crippen LogP contribution in [-0.4, -0.2) is 29.9 Å². The molecule has 0 spiro atoms. The number of hydrogen-bond acceptors (Lipinski definition) is 2. The number of carbonyl (C=O) groups excluding carboxylic acids is 1. The van der Waals surface area contributed by atoms with Crippen molar-refractivity contribution in [3.05, 3.63) is 35.6 Å². The zero-order chi connectivity index (χ0) is 15.3. The minimum atomic E-state index is -0.622. The maximum Gasteiger partial charge on any atom is 0.233 e. The van der Waals surface area contributed by atoms with E-state index in [0.717, 1.165) is 19.3 Å². The third-order valence-electron chi connectivity index (χ3n) is 5.15. The summed E-state index contributed by atoms with van der Waals surface area (Å²) in [4.78, 5) is 14.8. The van der Waals surface area contributed by atoms with E-state index in [2.05, 4.69) is 13.8 Å². The van der Waals surface area contributed by atoms with Crippen LogP contribution in [0.1, 0.15) is 38.7 Å². The molecule has 1 aromatic rings. The van der Waals surface area contributed by atoms with Gasteiger partial charge in [-0.25, -0.2) is 4.39 Å². The Morgan fingerprint density at radius 1 is 1.32 bits per heavy atom. The molecular formula is C17H24ClFN2O. The Balaban J connectivity index is 0.00000176. The van der Waals surface area contributed by atoms with Gasteiger partial charge in [0.25, 0.3) is 0 Å². The molecule has 0 radical (unpaired) electrons. The van der Waals surface area contributed by atoms with Crippen LogP contribution >= 0.6 is 12.4 Å². The Labute approximate surface area is 137 Å². The largest absolute Gasteiger partial charge is 0.341 e. The Hall–Kier alpha value is -1.13. The van der Waals surface area contributed by atoms with Gasteiger partial charge in [-0.05, 0) is 30.7 Å². The van der Waals surface area contributed by atoms with Crippen molar-refractivity contribution < 1.29 is 9.18 Å². The van der Waals surface area contributed by atoms with E-state index in [1.807, 2.05) is 11.0 Å². The summed E-state index contributed by atoms with van der Waals surface area (Å²) in [6.45, 7) is 5.53. The van der Waals surface area contributed by atoms with Crippen LogP contribution in [0.3, 0.4) is 0 Å². The average molecular weight is 327 g/mol. The van der Waals surface area contributed by atoms with Crippen LogP contribution in [0.4, 0.5) is 4.39 Å². The fourth-order valence-corrected chi connectivity index (χ4v) is 3.42. The van der Waals surface area contributed by atoms with Crippen LogP contribution in [0, 0.1) is 11.2 Å². The summed E-state index contributed by atoms with van der Waals surface area (Å²) in [7, 11) is 0. The van der Waals surface area contributed by atoms with E-state index < -0.39 is 5.41 Å². The molecule has 2 aliphatic rings. The van der Waals surface area contributed by atoms with Gasteiger partial charge in [-0.2, -0.15) is 0 Å². The Morgan fingerprint density at radius 3 is 2.50 bits per heavy atom.